The van der Waals surface area contributed by atoms with Crippen LogP contribution in [-0.2, 0) is 4.79 Å². The Bertz CT molecular complexity index is 951. The Labute approximate surface area is 169 Å². The molecule has 3 atom stereocenters. The minimum absolute atomic E-state index is 0.0549. The van der Waals surface area contributed by atoms with Crippen molar-refractivity contribution < 1.29 is 14.6 Å². The van der Waals surface area contributed by atoms with E-state index < -0.39 is 6.10 Å². The number of likely N-dealkylation sites (tertiary alicyclic amines) is 1. The summed E-state index contributed by atoms with van der Waals surface area (Å²) in [4.78, 5) is 16.1. The van der Waals surface area contributed by atoms with E-state index in [2.05, 4.69) is 12.1 Å². The Morgan fingerprint density at radius 1 is 1.07 bits per heavy atom. The number of nitrogens with zero attached hydrogens (tertiary/aromatic N) is 1. The van der Waals surface area contributed by atoms with Crippen LogP contribution in [0.3, 0.4) is 0 Å². The summed E-state index contributed by atoms with van der Waals surface area (Å²) in [7, 11) is 3.42. The summed E-state index contributed by atoms with van der Waals surface area (Å²) in [5.74, 6) is 0.787. The number of amides is 1. The lowest BCUT2D eigenvalue weighted by Crippen LogP contribution is -2.36. The molecule has 1 aromatic heterocycles. The molecule has 5 heteroatoms. The van der Waals surface area contributed by atoms with Crippen LogP contribution < -0.4 is 4.74 Å². The van der Waals surface area contributed by atoms with E-state index in [1.54, 1.807) is 30.4 Å². The maximum absolute atomic E-state index is 12.4. The molecular formula is C23H23NO3S. The summed E-state index contributed by atoms with van der Waals surface area (Å²) in [6.45, 7) is 0. The quantitative estimate of drug-likeness (QED) is 0.696. The Morgan fingerprint density at radius 3 is 2.46 bits per heavy atom. The highest BCUT2D eigenvalue weighted by Crippen LogP contribution is 2.42. The van der Waals surface area contributed by atoms with Gasteiger partial charge >= 0.3 is 0 Å². The lowest BCUT2D eigenvalue weighted by Gasteiger charge is -2.29. The fraction of sp³-hybridized carbons (Fsp3) is 0.261. The van der Waals surface area contributed by atoms with Gasteiger partial charge in [-0.05, 0) is 35.4 Å². The number of thiophene rings is 1. The Hall–Kier alpha value is -2.63. The number of aliphatic hydroxyl groups excluding tert-OH is 1. The molecule has 4 nitrogen and oxygen atoms in total. The zero-order chi connectivity index (χ0) is 19.7. The molecule has 28 heavy (non-hydrogen) atoms. The van der Waals surface area contributed by atoms with Gasteiger partial charge < -0.3 is 14.7 Å². The monoisotopic (exact) mass is 393 g/mol. The van der Waals surface area contributed by atoms with Crippen LogP contribution in [0, 0.1) is 0 Å². The first-order chi connectivity index (χ1) is 13.6. The Balaban J connectivity index is 1.63. The van der Waals surface area contributed by atoms with Crippen LogP contribution in [0.4, 0.5) is 0 Å². The van der Waals surface area contributed by atoms with Gasteiger partial charge in [0.15, 0.2) is 0 Å². The minimum Gasteiger partial charge on any atom is -0.497 e. The van der Waals surface area contributed by atoms with Gasteiger partial charge in [-0.2, -0.15) is 0 Å². The predicted octanol–water partition coefficient (Wildman–Crippen LogP) is 4.47. The molecule has 1 aliphatic heterocycles. The topological polar surface area (TPSA) is 49.8 Å². The summed E-state index contributed by atoms with van der Waals surface area (Å²) >= 11 is 1.58. The molecule has 1 fully saturated rings. The second kappa shape index (κ2) is 7.78. The molecule has 0 unspecified atom stereocenters. The highest BCUT2D eigenvalue weighted by Gasteiger charge is 2.43. The molecule has 1 aliphatic rings. The maximum atomic E-state index is 12.4. The molecule has 0 bridgehead atoms. The lowest BCUT2D eigenvalue weighted by atomic mass is 9.88. The van der Waals surface area contributed by atoms with Gasteiger partial charge in [0.1, 0.15) is 11.9 Å². The summed E-state index contributed by atoms with van der Waals surface area (Å²) in [6.07, 6.45) is -0.326. The maximum Gasteiger partial charge on any atom is 0.223 e. The van der Waals surface area contributed by atoms with E-state index in [0.29, 0.717) is 6.42 Å². The van der Waals surface area contributed by atoms with Gasteiger partial charge in [-0.15, -0.1) is 11.3 Å². The molecular weight excluding hydrogens is 370 g/mol. The van der Waals surface area contributed by atoms with E-state index in [4.69, 9.17) is 4.74 Å². The molecule has 2 heterocycles. The van der Waals surface area contributed by atoms with Crippen molar-refractivity contribution in [3.8, 4) is 16.2 Å². The van der Waals surface area contributed by atoms with E-state index in [-0.39, 0.29) is 17.9 Å². The van der Waals surface area contributed by atoms with Crippen molar-refractivity contribution in [2.75, 3.05) is 14.2 Å². The third kappa shape index (κ3) is 3.43. The van der Waals surface area contributed by atoms with Crippen molar-refractivity contribution in [3.05, 3.63) is 77.2 Å². The molecule has 0 saturated carbocycles. The average molecular weight is 394 g/mol. The fourth-order valence-corrected chi connectivity index (χ4v) is 4.96. The average Bonchev–Trinajstić information content (AvgIpc) is 3.34. The summed E-state index contributed by atoms with van der Waals surface area (Å²) in [5, 5.41) is 11.2. The first-order valence-electron chi connectivity index (χ1n) is 9.31. The van der Waals surface area contributed by atoms with E-state index in [1.807, 2.05) is 54.6 Å². The van der Waals surface area contributed by atoms with E-state index in [9.17, 15) is 9.90 Å². The number of likely N-dealkylation sites (N-methyl/N-ethyl adjacent to an activating group) is 1. The smallest absolute Gasteiger partial charge is 0.223 e. The zero-order valence-electron chi connectivity index (χ0n) is 15.9. The highest BCUT2D eigenvalue weighted by molar-refractivity contribution is 7.15. The number of carbonyl (C=O) groups is 1. The van der Waals surface area contributed by atoms with E-state index in [0.717, 1.165) is 26.6 Å². The molecule has 4 rings (SSSR count). The zero-order valence-corrected chi connectivity index (χ0v) is 16.7. The van der Waals surface area contributed by atoms with Crippen molar-refractivity contribution in [1.82, 2.24) is 4.90 Å². The SMILES string of the molecule is COc1ccc([C@H]2CC(=O)N(C)[C@H]2[C@@H](O)c2ccc(-c3ccccc3)s2)cc1. The number of rotatable bonds is 5. The number of aliphatic hydroxyl groups is 1. The van der Waals surface area contributed by atoms with Gasteiger partial charge in [0.25, 0.3) is 0 Å². The van der Waals surface area contributed by atoms with Crippen LogP contribution in [0.1, 0.15) is 28.9 Å². The molecule has 0 radical (unpaired) electrons. The second-order valence-corrected chi connectivity index (χ2v) is 8.21. The largest absolute Gasteiger partial charge is 0.497 e. The van der Waals surface area contributed by atoms with Gasteiger partial charge in [-0.25, -0.2) is 0 Å². The molecule has 1 N–H and O–H groups in total. The number of benzene rings is 2. The fourth-order valence-electron chi connectivity index (χ4n) is 3.92. The first-order valence-corrected chi connectivity index (χ1v) is 10.1. The van der Waals surface area contributed by atoms with Crippen molar-refractivity contribution in [3.63, 3.8) is 0 Å². The number of methoxy groups -OCH3 is 1. The van der Waals surface area contributed by atoms with Crippen LogP contribution in [0.15, 0.2) is 66.7 Å². The normalized spacial score (nSPS) is 20.4. The number of hydrogen-bond donors (Lipinski definition) is 1. The second-order valence-electron chi connectivity index (χ2n) is 7.09. The highest BCUT2D eigenvalue weighted by atomic mass is 32.1. The van der Waals surface area contributed by atoms with Crippen LogP contribution in [-0.4, -0.2) is 36.1 Å². The molecule has 0 spiro atoms. The van der Waals surface area contributed by atoms with E-state index in [1.165, 1.54) is 0 Å². The number of hydrogen-bond acceptors (Lipinski definition) is 4. The molecule has 144 valence electrons. The Morgan fingerprint density at radius 2 is 1.79 bits per heavy atom. The van der Waals surface area contributed by atoms with Crippen molar-refractivity contribution >= 4 is 17.2 Å². The van der Waals surface area contributed by atoms with Gasteiger partial charge in [-0.1, -0.05) is 42.5 Å². The molecule has 1 amide bonds. The first kappa shape index (κ1) is 18.7. The van der Waals surface area contributed by atoms with Gasteiger partial charge in [0.2, 0.25) is 5.91 Å². The molecule has 3 aromatic rings. The van der Waals surface area contributed by atoms with Crippen molar-refractivity contribution in [1.29, 1.82) is 0 Å². The van der Waals surface area contributed by atoms with Crippen LogP contribution in [0.25, 0.3) is 10.4 Å². The Kier molecular flexibility index (Phi) is 5.20. The van der Waals surface area contributed by atoms with Crippen molar-refractivity contribution in [2.45, 2.75) is 24.5 Å². The predicted molar refractivity (Wildman–Crippen MR) is 112 cm³/mol. The lowest BCUT2D eigenvalue weighted by molar-refractivity contribution is -0.128. The van der Waals surface area contributed by atoms with Crippen molar-refractivity contribution in [2.24, 2.45) is 0 Å². The van der Waals surface area contributed by atoms with Gasteiger partial charge in [0, 0.05) is 29.1 Å². The standard InChI is InChI=1S/C23H23NO3S/c1-24-21(25)14-18(15-8-10-17(27-2)11-9-15)22(24)23(26)20-13-12-19(28-20)16-6-4-3-5-7-16/h3-13,18,22-23,26H,14H2,1-2H3/t18-,22-,23+/m1/s1. The molecule has 2 aromatic carbocycles. The third-order valence-electron chi connectivity index (χ3n) is 5.49. The summed E-state index contributed by atoms with van der Waals surface area (Å²) in [5.41, 5.74) is 2.18. The number of carbonyl (C=O) groups excluding carboxylic acids is 1. The molecule has 0 aliphatic carbocycles. The summed E-state index contributed by atoms with van der Waals surface area (Å²) in [6, 6.07) is 21.6. The van der Waals surface area contributed by atoms with Gasteiger partial charge in [0.05, 0.1) is 13.2 Å². The summed E-state index contributed by atoms with van der Waals surface area (Å²) < 4.78 is 5.24. The van der Waals surface area contributed by atoms with Crippen LogP contribution in [0.2, 0.25) is 0 Å². The number of ether oxygens (including phenoxy) is 1. The van der Waals surface area contributed by atoms with E-state index >= 15 is 0 Å². The third-order valence-corrected chi connectivity index (χ3v) is 6.70. The van der Waals surface area contributed by atoms with Crippen LogP contribution in [0.5, 0.6) is 5.75 Å². The minimum atomic E-state index is -0.731. The van der Waals surface area contributed by atoms with Crippen LogP contribution >= 0.6 is 11.3 Å². The van der Waals surface area contributed by atoms with Gasteiger partial charge in [-0.3, -0.25) is 4.79 Å². The molecule has 1 saturated heterocycles.